The number of allylic oxidation sites excluding steroid dienone is 2. The van der Waals surface area contributed by atoms with Crippen molar-refractivity contribution in [3.05, 3.63) is 104 Å². The number of fused-ring (bicyclic) bond motifs is 1. The second-order valence-electron chi connectivity index (χ2n) is 8.39. The Labute approximate surface area is 193 Å². The fraction of sp³-hybridized carbons (Fsp3) is 0.200. The van der Waals surface area contributed by atoms with E-state index in [9.17, 15) is 23.6 Å². The van der Waals surface area contributed by atoms with E-state index >= 15 is 0 Å². The minimum atomic E-state index is -0.719. The molecule has 5 rings (SSSR count). The van der Waals surface area contributed by atoms with Gasteiger partial charge in [0, 0.05) is 23.9 Å². The number of hydrazine groups is 1. The van der Waals surface area contributed by atoms with Gasteiger partial charge in [-0.1, -0.05) is 24.6 Å². The summed E-state index contributed by atoms with van der Waals surface area (Å²) >= 11 is 0. The molecule has 0 atom stereocenters. The molecule has 8 nitrogen and oxygen atoms in total. The van der Waals surface area contributed by atoms with E-state index < -0.39 is 23.0 Å². The summed E-state index contributed by atoms with van der Waals surface area (Å²) in [7, 11) is 0. The molecule has 1 saturated carbocycles. The Hall–Kier alpha value is -4.27. The summed E-state index contributed by atoms with van der Waals surface area (Å²) in [5.74, 6) is -1.31. The summed E-state index contributed by atoms with van der Waals surface area (Å²) in [6.07, 6.45) is 7.19. The highest BCUT2D eigenvalue weighted by atomic mass is 19.1. The molecule has 9 heteroatoms. The molecule has 3 aromatic rings. The molecule has 0 saturated heterocycles. The third kappa shape index (κ3) is 3.85. The van der Waals surface area contributed by atoms with E-state index in [1.165, 1.54) is 29.1 Å². The number of ketones is 1. The molecule has 2 heterocycles. The Kier molecular flexibility index (Phi) is 5.45. The van der Waals surface area contributed by atoms with Crippen molar-refractivity contribution < 1.29 is 14.0 Å². The molecule has 172 valence electrons. The number of H-pyrrole nitrogens is 1. The van der Waals surface area contributed by atoms with Gasteiger partial charge in [0.25, 0.3) is 11.5 Å². The van der Waals surface area contributed by atoms with Crippen LogP contribution < -0.4 is 16.7 Å². The van der Waals surface area contributed by atoms with E-state index in [1.54, 1.807) is 30.3 Å². The Bertz CT molecular complexity index is 1500. The van der Waals surface area contributed by atoms with Gasteiger partial charge in [-0.25, -0.2) is 14.2 Å². The minimum absolute atomic E-state index is 0.0277. The second kappa shape index (κ2) is 8.58. The first-order chi connectivity index (χ1) is 16.4. The van der Waals surface area contributed by atoms with Crippen molar-refractivity contribution in [3.63, 3.8) is 0 Å². The van der Waals surface area contributed by atoms with Crippen molar-refractivity contribution in [1.29, 1.82) is 0 Å². The number of nitrogens with one attached hydrogen (secondary N) is 2. The Morgan fingerprint density at radius 2 is 1.88 bits per heavy atom. The average molecular weight is 460 g/mol. The number of halogens is 1. The molecule has 1 fully saturated rings. The Morgan fingerprint density at radius 1 is 1.09 bits per heavy atom. The van der Waals surface area contributed by atoms with Gasteiger partial charge in [0.15, 0.2) is 5.78 Å². The number of nitrogens with zero attached hydrogens (tertiary/aromatic N) is 2. The summed E-state index contributed by atoms with van der Waals surface area (Å²) in [6, 6.07) is 10.7. The van der Waals surface area contributed by atoms with Crippen molar-refractivity contribution in [3.8, 4) is 0 Å². The van der Waals surface area contributed by atoms with Crippen LogP contribution in [0.3, 0.4) is 0 Å². The maximum atomic E-state index is 14.6. The molecule has 34 heavy (non-hydrogen) atoms. The summed E-state index contributed by atoms with van der Waals surface area (Å²) in [4.78, 5) is 52.2. The maximum absolute atomic E-state index is 14.6. The fourth-order valence-corrected chi connectivity index (χ4v) is 4.12. The molecule has 1 aliphatic heterocycles. The molecular formula is C25H21FN4O4. The van der Waals surface area contributed by atoms with Crippen LogP contribution in [-0.4, -0.2) is 26.3 Å². The van der Waals surface area contributed by atoms with E-state index in [2.05, 4.69) is 10.4 Å². The van der Waals surface area contributed by atoms with Gasteiger partial charge in [0.05, 0.1) is 23.0 Å². The first-order valence-electron chi connectivity index (χ1n) is 10.9. The maximum Gasteiger partial charge on any atom is 0.329 e. The van der Waals surface area contributed by atoms with Crippen molar-refractivity contribution in [2.45, 2.75) is 25.8 Å². The van der Waals surface area contributed by atoms with Gasteiger partial charge >= 0.3 is 5.69 Å². The van der Waals surface area contributed by atoms with Crippen LogP contribution in [0, 0.1) is 11.7 Å². The number of benzene rings is 2. The molecule has 0 spiro atoms. The predicted octanol–water partition coefficient (Wildman–Crippen LogP) is 2.60. The zero-order valence-electron chi connectivity index (χ0n) is 18.1. The van der Waals surface area contributed by atoms with Gasteiger partial charge in [-0.3, -0.25) is 29.4 Å². The Morgan fingerprint density at radius 3 is 2.59 bits per heavy atom. The van der Waals surface area contributed by atoms with Crippen LogP contribution in [0.25, 0.3) is 10.9 Å². The molecule has 1 amide bonds. The summed E-state index contributed by atoms with van der Waals surface area (Å²) in [5, 5.41) is 1.45. The molecule has 1 aliphatic carbocycles. The number of Topliss-reactive ketones (excluding diaryl/α,β-unsaturated/α-hetero) is 1. The molecule has 0 unspecified atom stereocenters. The van der Waals surface area contributed by atoms with Crippen LogP contribution in [0.5, 0.6) is 0 Å². The lowest BCUT2D eigenvalue weighted by Crippen LogP contribution is -2.38. The first-order valence-corrected chi connectivity index (χ1v) is 10.9. The minimum Gasteiger partial charge on any atom is -0.298 e. The molecule has 2 aliphatic rings. The number of aromatic nitrogens is 2. The number of hydrogen-bond acceptors (Lipinski definition) is 5. The van der Waals surface area contributed by atoms with Gasteiger partial charge < -0.3 is 0 Å². The van der Waals surface area contributed by atoms with E-state index in [0.717, 1.165) is 30.3 Å². The lowest BCUT2D eigenvalue weighted by Gasteiger charge is -2.27. The van der Waals surface area contributed by atoms with Crippen LogP contribution >= 0.6 is 0 Å². The average Bonchev–Trinajstić information content (AvgIpc) is 2.81. The predicted molar refractivity (Wildman–Crippen MR) is 123 cm³/mol. The molecule has 2 N–H and O–H groups in total. The lowest BCUT2D eigenvalue weighted by molar-refractivity contribution is -0.121. The molecular weight excluding hydrogens is 439 g/mol. The number of aromatic amines is 1. The smallest absolute Gasteiger partial charge is 0.298 e. The van der Waals surface area contributed by atoms with Crippen LogP contribution in [0.15, 0.2) is 76.1 Å². The number of amides is 1. The van der Waals surface area contributed by atoms with Crippen molar-refractivity contribution in [2.24, 2.45) is 5.92 Å². The largest absolute Gasteiger partial charge is 0.329 e. The van der Waals surface area contributed by atoms with Crippen LogP contribution in [0.1, 0.15) is 35.2 Å². The Balaban J connectivity index is 1.40. The van der Waals surface area contributed by atoms with Gasteiger partial charge in [-0.15, -0.1) is 0 Å². The van der Waals surface area contributed by atoms with Crippen LogP contribution in [-0.2, 0) is 11.3 Å². The summed E-state index contributed by atoms with van der Waals surface area (Å²) < 4.78 is 15.9. The zero-order valence-corrected chi connectivity index (χ0v) is 18.1. The zero-order chi connectivity index (χ0) is 23.8. The highest BCUT2D eigenvalue weighted by Crippen LogP contribution is 2.30. The van der Waals surface area contributed by atoms with E-state index in [4.69, 9.17) is 0 Å². The quantitative estimate of drug-likeness (QED) is 0.609. The molecule has 0 radical (unpaired) electrons. The van der Waals surface area contributed by atoms with Crippen LogP contribution in [0.2, 0.25) is 0 Å². The van der Waals surface area contributed by atoms with Gasteiger partial charge in [-0.2, -0.15) is 0 Å². The first kappa shape index (κ1) is 21.6. The monoisotopic (exact) mass is 460 g/mol. The van der Waals surface area contributed by atoms with Crippen molar-refractivity contribution >= 4 is 22.6 Å². The van der Waals surface area contributed by atoms with Crippen molar-refractivity contribution in [1.82, 2.24) is 20.0 Å². The summed E-state index contributed by atoms with van der Waals surface area (Å²) in [5.41, 5.74) is 2.87. The third-order valence-electron chi connectivity index (χ3n) is 6.25. The van der Waals surface area contributed by atoms with Gasteiger partial charge in [-0.05, 0) is 48.7 Å². The van der Waals surface area contributed by atoms with Crippen LogP contribution in [0.4, 0.5) is 4.39 Å². The normalized spacial score (nSPS) is 15.6. The molecule has 2 aromatic carbocycles. The third-order valence-corrected chi connectivity index (χ3v) is 6.25. The van der Waals surface area contributed by atoms with Gasteiger partial charge in [0.2, 0.25) is 0 Å². The standard InChI is InChI=1S/C25H21FN4O4/c26-20-9-8-15(14-29-21-7-2-1-6-18(21)23(32)28-25(29)34)12-19(20)24(33)30-11-10-17(13-27-30)22(31)16-4-3-5-16/h1-2,6-13,16,27H,3-5,14H2,(H,28,32,34). The van der Waals surface area contributed by atoms with E-state index in [1.807, 2.05) is 0 Å². The topological polar surface area (TPSA) is 104 Å². The van der Waals surface area contributed by atoms with Crippen molar-refractivity contribution in [2.75, 3.05) is 0 Å². The fourth-order valence-electron chi connectivity index (χ4n) is 4.12. The number of carbonyl (C=O) groups excluding carboxylic acids is 2. The SMILES string of the molecule is O=C(C1=CNN(C(=O)c2cc(Cn3c(=O)[nH]c(=O)c4ccccc43)ccc2F)C=C1)C1CCC1. The highest BCUT2D eigenvalue weighted by Gasteiger charge is 2.28. The second-order valence-corrected chi connectivity index (χ2v) is 8.39. The number of para-hydroxylation sites is 1. The van der Waals surface area contributed by atoms with Gasteiger partial charge in [0.1, 0.15) is 5.82 Å². The molecule has 0 bridgehead atoms. The number of carbonyl (C=O) groups is 2. The number of hydrogen-bond donors (Lipinski definition) is 2. The number of rotatable bonds is 5. The highest BCUT2D eigenvalue weighted by molar-refractivity contribution is 6.01. The summed E-state index contributed by atoms with van der Waals surface area (Å²) in [6.45, 7) is 0.0277. The lowest BCUT2D eigenvalue weighted by atomic mass is 9.80. The van der Waals surface area contributed by atoms with E-state index in [0.29, 0.717) is 22.0 Å². The molecule has 1 aromatic heterocycles. The van der Waals surface area contributed by atoms with E-state index in [-0.39, 0.29) is 23.8 Å².